The van der Waals surface area contributed by atoms with Crippen molar-refractivity contribution in [3.05, 3.63) is 40.4 Å². The van der Waals surface area contributed by atoms with E-state index in [4.69, 9.17) is 10.00 Å². The lowest BCUT2D eigenvalue weighted by Crippen LogP contribution is -2.00. The molecule has 0 saturated heterocycles. The van der Waals surface area contributed by atoms with Crippen molar-refractivity contribution in [2.45, 2.75) is 6.92 Å². The van der Waals surface area contributed by atoms with Crippen LogP contribution in [-0.4, -0.2) is 6.61 Å². The average Bonchev–Trinajstić information content (AvgIpc) is 2.15. The predicted molar refractivity (Wildman–Crippen MR) is 59.2 cm³/mol. The number of nitrogens with zero attached hydrogens (tertiary/aromatic N) is 1. The fraction of sp³-hybridized carbons (Fsp3) is 0.182. The maximum atomic E-state index is 8.83. The molecule has 0 spiro atoms. The molecule has 0 aliphatic carbocycles. The highest BCUT2D eigenvalue weighted by atomic mass is 79.9. The van der Waals surface area contributed by atoms with Gasteiger partial charge >= 0.3 is 0 Å². The van der Waals surface area contributed by atoms with Gasteiger partial charge in [0.15, 0.2) is 5.75 Å². The van der Waals surface area contributed by atoms with Gasteiger partial charge in [-0.25, -0.2) is 0 Å². The van der Waals surface area contributed by atoms with Crippen LogP contribution in [0, 0.1) is 11.3 Å². The molecule has 0 unspecified atom stereocenters. The van der Waals surface area contributed by atoms with Gasteiger partial charge in [0.25, 0.3) is 0 Å². The Morgan fingerprint density at radius 2 is 2.36 bits per heavy atom. The smallest absolute Gasteiger partial charge is 0.151 e. The second-order valence-electron chi connectivity index (χ2n) is 2.97. The van der Waals surface area contributed by atoms with E-state index in [-0.39, 0.29) is 0 Å². The monoisotopic (exact) mass is 251 g/mol. The van der Waals surface area contributed by atoms with E-state index in [0.717, 1.165) is 10.0 Å². The third-order valence-electron chi connectivity index (χ3n) is 1.55. The normalized spacial score (nSPS) is 9.21. The molecule has 1 rings (SSSR count). The van der Waals surface area contributed by atoms with E-state index in [2.05, 4.69) is 28.6 Å². The van der Waals surface area contributed by atoms with E-state index in [0.29, 0.717) is 17.9 Å². The summed E-state index contributed by atoms with van der Waals surface area (Å²) < 4.78 is 6.24. The minimum atomic E-state index is 0.428. The summed E-state index contributed by atoms with van der Waals surface area (Å²) in [4.78, 5) is 0. The topological polar surface area (TPSA) is 33.0 Å². The summed E-state index contributed by atoms with van der Waals surface area (Å²) in [6.07, 6.45) is 0. The van der Waals surface area contributed by atoms with E-state index in [1.54, 1.807) is 12.1 Å². The molecule has 0 saturated carbocycles. The van der Waals surface area contributed by atoms with Gasteiger partial charge in [-0.05, 0) is 40.6 Å². The van der Waals surface area contributed by atoms with Gasteiger partial charge in [-0.1, -0.05) is 12.6 Å². The Labute approximate surface area is 91.9 Å². The summed E-state index contributed by atoms with van der Waals surface area (Å²) in [5, 5.41) is 8.83. The molecule has 0 heterocycles. The van der Waals surface area contributed by atoms with Crippen molar-refractivity contribution in [1.82, 2.24) is 0 Å². The first-order chi connectivity index (χ1) is 6.65. The average molecular weight is 252 g/mol. The Bertz CT molecular complexity index is 393. The van der Waals surface area contributed by atoms with E-state index in [1.807, 2.05) is 13.0 Å². The highest BCUT2D eigenvalue weighted by Gasteiger charge is 2.06. The fourth-order valence-corrected chi connectivity index (χ4v) is 1.42. The molecule has 14 heavy (non-hydrogen) atoms. The van der Waals surface area contributed by atoms with Crippen molar-refractivity contribution in [3.63, 3.8) is 0 Å². The van der Waals surface area contributed by atoms with E-state index in [1.165, 1.54) is 0 Å². The Balaban J connectivity index is 2.94. The second kappa shape index (κ2) is 4.83. The standard InChI is InChI=1S/C11H10BrNO/c1-8(2)7-14-11-9(6-13)4-3-5-10(11)12/h3-5H,1,7H2,2H3. The van der Waals surface area contributed by atoms with E-state index < -0.39 is 0 Å². The summed E-state index contributed by atoms with van der Waals surface area (Å²) in [6.45, 7) is 6.04. The summed E-state index contributed by atoms with van der Waals surface area (Å²) in [6, 6.07) is 7.44. The number of hydrogen-bond donors (Lipinski definition) is 0. The Morgan fingerprint density at radius 3 is 2.93 bits per heavy atom. The van der Waals surface area contributed by atoms with Crippen LogP contribution in [0.25, 0.3) is 0 Å². The zero-order chi connectivity index (χ0) is 10.6. The second-order valence-corrected chi connectivity index (χ2v) is 3.83. The largest absolute Gasteiger partial charge is 0.487 e. The first-order valence-corrected chi connectivity index (χ1v) is 4.90. The van der Waals surface area contributed by atoms with Crippen LogP contribution in [0.2, 0.25) is 0 Å². The highest BCUT2D eigenvalue weighted by molar-refractivity contribution is 9.10. The Kier molecular flexibility index (Phi) is 3.73. The lowest BCUT2D eigenvalue weighted by Gasteiger charge is -2.08. The van der Waals surface area contributed by atoms with E-state index in [9.17, 15) is 0 Å². The number of benzene rings is 1. The predicted octanol–water partition coefficient (Wildman–Crippen LogP) is 3.28. The summed E-state index contributed by atoms with van der Waals surface area (Å²) in [5.74, 6) is 0.581. The van der Waals surface area contributed by atoms with Crippen LogP contribution in [0.5, 0.6) is 5.75 Å². The first kappa shape index (κ1) is 10.8. The first-order valence-electron chi connectivity index (χ1n) is 4.11. The van der Waals surface area contributed by atoms with Crippen LogP contribution in [-0.2, 0) is 0 Å². The van der Waals surface area contributed by atoms with Crippen LogP contribution >= 0.6 is 15.9 Å². The third-order valence-corrected chi connectivity index (χ3v) is 2.17. The van der Waals surface area contributed by atoms with Gasteiger partial charge in [0, 0.05) is 0 Å². The number of halogens is 1. The van der Waals surface area contributed by atoms with Crippen molar-refractivity contribution in [3.8, 4) is 11.8 Å². The van der Waals surface area contributed by atoms with Crippen molar-refractivity contribution in [2.24, 2.45) is 0 Å². The minimum absolute atomic E-state index is 0.428. The summed E-state index contributed by atoms with van der Waals surface area (Å²) >= 11 is 3.33. The molecule has 0 N–H and O–H groups in total. The molecule has 0 atom stereocenters. The summed E-state index contributed by atoms with van der Waals surface area (Å²) in [5.41, 5.74) is 1.45. The molecule has 1 aromatic rings. The van der Waals surface area contributed by atoms with Gasteiger partial charge < -0.3 is 4.74 Å². The highest BCUT2D eigenvalue weighted by Crippen LogP contribution is 2.28. The van der Waals surface area contributed by atoms with Crippen molar-refractivity contribution >= 4 is 15.9 Å². The zero-order valence-corrected chi connectivity index (χ0v) is 9.47. The molecule has 0 radical (unpaired) electrons. The lowest BCUT2D eigenvalue weighted by atomic mass is 10.2. The van der Waals surface area contributed by atoms with Crippen LogP contribution in [0.4, 0.5) is 0 Å². The number of nitriles is 1. The molecule has 3 heteroatoms. The van der Waals surface area contributed by atoms with Gasteiger partial charge in [-0.2, -0.15) is 5.26 Å². The van der Waals surface area contributed by atoms with Crippen LogP contribution < -0.4 is 4.74 Å². The molecule has 0 aromatic heterocycles. The molecule has 0 fully saturated rings. The molecule has 0 aliphatic heterocycles. The SMILES string of the molecule is C=C(C)COc1c(Br)cccc1C#N. The number of para-hydroxylation sites is 1. The molecule has 1 aromatic carbocycles. The molecular formula is C11H10BrNO. The van der Waals surface area contributed by atoms with Crippen LogP contribution in [0.1, 0.15) is 12.5 Å². The Morgan fingerprint density at radius 1 is 1.64 bits per heavy atom. The minimum Gasteiger partial charge on any atom is -0.487 e. The molecule has 0 bridgehead atoms. The number of ether oxygens (including phenoxy) is 1. The van der Waals surface area contributed by atoms with Crippen LogP contribution in [0.15, 0.2) is 34.8 Å². The third kappa shape index (κ3) is 2.61. The maximum Gasteiger partial charge on any atom is 0.151 e. The molecule has 72 valence electrons. The van der Waals surface area contributed by atoms with Crippen LogP contribution in [0.3, 0.4) is 0 Å². The zero-order valence-electron chi connectivity index (χ0n) is 7.88. The van der Waals surface area contributed by atoms with Gasteiger partial charge in [0.1, 0.15) is 12.7 Å². The lowest BCUT2D eigenvalue weighted by molar-refractivity contribution is 0.349. The number of rotatable bonds is 3. The van der Waals surface area contributed by atoms with Gasteiger partial charge in [0.2, 0.25) is 0 Å². The van der Waals surface area contributed by atoms with Gasteiger partial charge in [-0.15, -0.1) is 0 Å². The maximum absolute atomic E-state index is 8.83. The number of hydrogen-bond acceptors (Lipinski definition) is 2. The molecular weight excluding hydrogens is 242 g/mol. The quantitative estimate of drug-likeness (QED) is 0.773. The molecule has 0 amide bonds. The van der Waals surface area contributed by atoms with Crippen molar-refractivity contribution in [1.29, 1.82) is 5.26 Å². The van der Waals surface area contributed by atoms with Gasteiger partial charge in [0.05, 0.1) is 10.0 Å². The fourth-order valence-electron chi connectivity index (χ4n) is 0.939. The molecule has 2 nitrogen and oxygen atoms in total. The van der Waals surface area contributed by atoms with Crippen molar-refractivity contribution < 1.29 is 4.74 Å². The molecule has 0 aliphatic rings. The van der Waals surface area contributed by atoms with E-state index >= 15 is 0 Å². The summed E-state index contributed by atoms with van der Waals surface area (Å²) in [7, 11) is 0. The van der Waals surface area contributed by atoms with Gasteiger partial charge in [-0.3, -0.25) is 0 Å². The van der Waals surface area contributed by atoms with Crippen molar-refractivity contribution in [2.75, 3.05) is 6.61 Å². The Hall–Kier alpha value is -1.27.